The zero-order chi connectivity index (χ0) is 12.4. The van der Waals surface area contributed by atoms with E-state index in [0.717, 1.165) is 5.56 Å². The first kappa shape index (κ1) is 11.7. The lowest BCUT2D eigenvalue weighted by atomic mass is 9.97. The molecule has 1 saturated heterocycles. The third kappa shape index (κ3) is 2.67. The largest absolute Gasteiger partial charge is 0.296 e. The highest BCUT2D eigenvalue weighted by atomic mass is 19.3. The molecule has 2 rings (SSSR count). The van der Waals surface area contributed by atoms with Crippen molar-refractivity contribution in [3.8, 4) is 0 Å². The first-order chi connectivity index (χ1) is 8.06. The van der Waals surface area contributed by atoms with Gasteiger partial charge in [0.1, 0.15) is 0 Å². The fourth-order valence-electron chi connectivity index (χ4n) is 1.86. The highest BCUT2D eigenvalue weighted by Crippen LogP contribution is 2.21. The molecule has 1 unspecified atom stereocenters. The first-order valence-corrected chi connectivity index (χ1v) is 5.27. The molecule has 3 nitrogen and oxygen atoms in total. The van der Waals surface area contributed by atoms with Gasteiger partial charge in [0.25, 0.3) is 6.43 Å². The number of alkyl halides is 2. The van der Waals surface area contributed by atoms with Crippen LogP contribution in [0.1, 0.15) is 24.0 Å². The predicted octanol–water partition coefficient (Wildman–Crippen LogP) is 1.83. The van der Waals surface area contributed by atoms with E-state index in [-0.39, 0.29) is 29.7 Å². The van der Waals surface area contributed by atoms with Gasteiger partial charge in [-0.15, -0.1) is 0 Å². The van der Waals surface area contributed by atoms with Crippen LogP contribution in [-0.2, 0) is 16.0 Å². The molecule has 5 heteroatoms. The Morgan fingerprint density at radius 2 is 1.88 bits per heavy atom. The van der Waals surface area contributed by atoms with E-state index in [1.165, 1.54) is 12.1 Å². The number of nitrogens with one attached hydrogen (secondary N) is 1. The molecule has 0 radical (unpaired) electrons. The van der Waals surface area contributed by atoms with E-state index in [9.17, 15) is 18.4 Å². The van der Waals surface area contributed by atoms with Crippen molar-refractivity contribution in [2.24, 2.45) is 5.92 Å². The van der Waals surface area contributed by atoms with Crippen LogP contribution in [0.15, 0.2) is 24.3 Å². The van der Waals surface area contributed by atoms with Crippen molar-refractivity contribution in [3.63, 3.8) is 0 Å². The van der Waals surface area contributed by atoms with Gasteiger partial charge in [0.15, 0.2) is 0 Å². The number of carbonyl (C=O) groups is 2. The van der Waals surface area contributed by atoms with Gasteiger partial charge in [-0.3, -0.25) is 14.9 Å². The van der Waals surface area contributed by atoms with E-state index < -0.39 is 6.43 Å². The lowest BCUT2D eigenvalue weighted by molar-refractivity contribution is -0.125. The summed E-state index contributed by atoms with van der Waals surface area (Å²) in [5, 5.41) is 2.22. The maximum Gasteiger partial charge on any atom is 0.263 e. The standard InChI is InChI=1S/C12H11F2NO2/c13-11(14)8-3-1-7(2-4-8)5-9-6-10(16)15-12(9)17/h1-4,9,11H,5-6H2,(H,15,16,17). The predicted molar refractivity (Wildman–Crippen MR) is 56.4 cm³/mol. The fourth-order valence-corrected chi connectivity index (χ4v) is 1.86. The van der Waals surface area contributed by atoms with Crippen molar-refractivity contribution in [2.45, 2.75) is 19.3 Å². The van der Waals surface area contributed by atoms with Crippen molar-refractivity contribution >= 4 is 11.8 Å². The summed E-state index contributed by atoms with van der Waals surface area (Å²) in [5.41, 5.74) is 0.741. The van der Waals surface area contributed by atoms with Gasteiger partial charge < -0.3 is 0 Å². The van der Waals surface area contributed by atoms with Crippen molar-refractivity contribution in [3.05, 3.63) is 35.4 Å². The summed E-state index contributed by atoms with van der Waals surface area (Å²) in [6.45, 7) is 0. The quantitative estimate of drug-likeness (QED) is 0.818. The molecule has 2 amide bonds. The van der Waals surface area contributed by atoms with Crippen LogP contribution in [0.25, 0.3) is 0 Å². The molecular weight excluding hydrogens is 228 g/mol. The third-order valence-corrected chi connectivity index (χ3v) is 2.78. The molecule has 1 aromatic rings. The Morgan fingerprint density at radius 3 is 2.35 bits per heavy atom. The number of hydrogen-bond acceptors (Lipinski definition) is 2. The van der Waals surface area contributed by atoms with E-state index in [4.69, 9.17) is 0 Å². The van der Waals surface area contributed by atoms with E-state index in [0.29, 0.717) is 6.42 Å². The number of carbonyl (C=O) groups excluding carboxylic acids is 2. The Kier molecular flexibility index (Phi) is 3.17. The van der Waals surface area contributed by atoms with Gasteiger partial charge >= 0.3 is 0 Å². The molecule has 0 spiro atoms. The van der Waals surface area contributed by atoms with E-state index in [1.54, 1.807) is 12.1 Å². The van der Waals surface area contributed by atoms with E-state index in [1.807, 2.05) is 0 Å². The molecule has 90 valence electrons. The molecule has 1 fully saturated rings. The second-order valence-corrected chi connectivity index (χ2v) is 4.06. The van der Waals surface area contributed by atoms with Crippen LogP contribution in [0.4, 0.5) is 8.78 Å². The number of halogens is 2. The van der Waals surface area contributed by atoms with Gasteiger partial charge in [-0.25, -0.2) is 8.78 Å². The molecule has 0 aliphatic carbocycles. The Labute approximate surface area is 96.8 Å². The van der Waals surface area contributed by atoms with Gasteiger partial charge in [-0.1, -0.05) is 24.3 Å². The zero-order valence-electron chi connectivity index (χ0n) is 8.95. The highest BCUT2D eigenvalue weighted by molar-refractivity contribution is 6.03. The number of rotatable bonds is 3. The molecule has 17 heavy (non-hydrogen) atoms. The van der Waals surface area contributed by atoms with Crippen molar-refractivity contribution in [1.29, 1.82) is 0 Å². The van der Waals surface area contributed by atoms with Crippen molar-refractivity contribution < 1.29 is 18.4 Å². The maximum absolute atomic E-state index is 12.3. The molecular formula is C12H11F2NO2. The molecule has 1 aromatic carbocycles. The van der Waals surface area contributed by atoms with Crippen LogP contribution in [0.3, 0.4) is 0 Å². The normalized spacial score (nSPS) is 19.8. The van der Waals surface area contributed by atoms with Crippen LogP contribution in [0.5, 0.6) is 0 Å². The number of imide groups is 1. The summed E-state index contributed by atoms with van der Waals surface area (Å²) in [4.78, 5) is 22.3. The smallest absolute Gasteiger partial charge is 0.263 e. The van der Waals surface area contributed by atoms with E-state index in [2.05, 4.69) is 5.32 Å². The second kappa shape index (κ2) is 4.61. The van der Waals surface area contributed by atoms with Crippen LogP contribution >= 0.6 is 0 Å². The van der Waals surface area contributed by atoms with Crippen LogP contribution in [-0.4, -0.2) is 11.8 Å². The lowest BCUT2D eigenvalue weighted by Crippen LogP contribution is -2.22. The van der Waals surface area contributed by atoms with Crippen molar-refractivity contribution in [1.82, 2.24) is 5.32 Å². The molecule has 1 N–H and O–H groups in total. The molecule has 0 aromatic heterocycles. The highest BCUT2D eigenvalue weighted by Gasteiger charge is 2.30. The first-order valence-electron chi connectivity index (χ1n) is 5.27. The summed E-state index contributed by atoms with van der Waals surface area (Å²) in [7, 11) is 0. The molecule has 0 saturated carbocycles. The summed E-state index contributed by atoms with van der Waals surface area (Å²) in [6.07, 6.45) is -1.91. The molecule has 1 atom stereocenters. The Balaban J connectivity index is 2.04. The zero-order valence-corrected chi connectivity index (χ0v) is 8.95. The summed E-state index contributed by atoms with van der Waals surface area (Å²) in [5.74, 6) is -0.933. The minimum Gasteiger partial charge on any atom is -0.296 e. The minimum absolute atomic E-state index is 0.0410. The third-order valence-electron chi connectivity index (χ3n) is 2.78. The van der Waals surface area contributed by atoms with Gasteiger partial charge in [-0.05, 0) is 12.0 Å². The van der Waals surface area contributed by atoms with Gasteiger partial charge in [0.05, 0.1) is 5.92 Å². The Hall–Kier alpha value is -1.78. The van der Waals surface area contributed by atoms with Crippen LogP contribution < -0.4 is 5.32 Å². The van der Waals surface area contributed by atoms with Crippen molar-refractivity contribution in [2.75, 3.05) is 0 Å². The lowest BCUT2D eigenvalue weighted by Gasteiger charge is -2.06. The number of benzene rings is 1. The Morgan fingerprint density at radius 1 is 1.24 bits per heavy atom. The summed E-state index contributed by atoms with van der Waals surface area (Å²) >= 11 is 0. The maximum atomic E-state index is 12.3. The summed E-state index contributed by atoms with van der Waals surface area (Å²) < 4.78 is 24.6. The summed E-state index contributed by atoms with van der Waals surface area (Å²) in [6, 6.07) is 5.82. The average Bonchev–Trinajstić information content (AvgIpc) is 2.58. The number of hydrogen-bond donors (Lipinski definition) is 1. The average molecular weight is 239 g/mol. The molecule has 0 bridgehead atoms. The SMILES string of the molecule is O=C1CC(Cc2ccc(C(F)F)cc2)C(=O)N1. The van der Waals surface area contributed by atoms with Gasteiger partial charge in [0, 0.05) is 12.0 Å². The van der Waals surface area contributed by atoms with Gasteiger partial charge in [-0.2, -0.15) is 0 Å². The second-order valence-electron chi connectivity index (χ2n) is 4.06. The van der Waals surface area contributed by atoms with Crippen LogP contribution in [0.2, 0.25) is 0 Å². The monoisotopic (exact) mass is 239 g/mol. The Bertz CT molecular complexity index is 442. The van der Waals surface area contributed by atoms with E-state index >= 15 is 0 Å². The topological polar surface area (TPSA) is 46.2 Å². The molecule has 1 aliphatic heterocycles. The minimum atomic E-state index is -2.49. The number of amides is 2. The van der Waals surface area contributed by atoms with Gasteiger partial charge in [0.2, 0.25) is 11.8 Å². The fraction of sp³-hybridized carbons (Fsp3) is 0.333. The van der Waals surface area contributed by atoms with Crippen LogP contribution in [0, 0.1) is 5.92 Å². The molecule has 1 heterocycles. The molecule has 1 aliphatic rings.